The number of hydrogen-bond acceptors (Lipinski definition) is 4. The van der Waals surface area contributed by atoms with E-state index < -0.39 is 10.0 Å². The Hall–Kier alpha value is -1.57. The highest BCUT2D eigenvalue weighted by molar-refractivity contribution is 7.98. The van der Waals surface area contributed by atoms with Crippen LogP contribution in [0.2, 0.25) is 0 Å². The molecule has 2 aliphatic heterocycles. The molecule has 0 aliphatic carbocycles. The molecule has 2 aliphatic rings. The van der Waals surface area contributed by atoms with Gasteiger partial charge in [0.2, 0.25) is 10.0 Å². The molecule has 3 heterocycles. The van der Waals surface area contributed by atoms with Gasteiger partial charge in [-0.15, -0.1) is 11.8 Å². The maximum atomic E-state index is 13.1. The van der Waals surface area contributed by atoms with Gasteiger partial charge in [-0.1, -0.05) is 12.1 Å². The third-order valence-corrected chi connectivity index (χ3v) is 7.42. The Kier molecular flexibility index (Phi) is 4.49. The van der Waals surface area contributed by atoms with Crippen LogP contribution >= 0.6 is 11.8 Å². The van der Waals surface area contributed by atoms with E-state index in [2.05, 4.69) is 0 Å². The van der Waals surface area contributed by atoms with Crippen molar-refractivity contribution in [1.29, 1.82) is 0 Å². The van der Waals surface area contributed by atoms with Gasteiger partial charge < -0.3 is 4.57 Å². The van der Waals surface area contributed by atoms with E-state index in [1.54, 1.807) is 16.1 Å². The number of thioether (sulfide) groups is 1. The van der Waals surface area contributed by atoms with Crippen LogP contribution in [0.3, 0.4) is 0 Å². The molecule has 0 N–H and O–H groups in total. The molecule has 7 heteroatoms. The third kappa shape index (κ3) is 3.12. The Morgan fingerprint density at radius 2 is 1.77 bits per heavy atom. The molecule has 1 fully saturated rings. The summed E-state index contributed by atoms with van der Waals surface area (Å²) in [6.07, 6.45) is 4.25. The second-order valence-corrected chi connectivity index (χ2v) is 10.1. The van der Waals surface area contributed by atoms with Crippen molar-refractivity contribution >= 4 is 21.8 Å². The first-order valence-corrected chi connectivity index (χ1v) is 11.8. The van der Waals surface area contributed by atoms with Crippen LogP contribution < -0.4 is 5.56 Å². The number of fused-ring (bicyclic) bond motifs is 4. The minimum absolute atomic E-state index is 0.0295. The summed E-state index contributed by atoms with van der Waals surface area (Å²) >= 11 is 1.68. The summed E-state index contributed by atoms with van der Waals surface area (Å²) in [5.74, 6) is 0.292. The summed E-state index contributed by atoms with van der Waals surface area (Å²) in [5.41, 5.74) is 2.63. The first-order chi connectivity index (χ1) is 12.4. The van der Waals surface area contributed by atoms with Crippen molar-refractivity contribution in [3.63, 3.8) is 0 Å². The van der Waals surface area contributed by atoms with Crippen molar-refractivity contribution in [1.82, 2.24) is 8.87 Å². The molecule has 0 amide bonds. The predicted molar refractivity (Wildman–Crippen MR) is 105 cm³/mol. The molecular formula is C19H22N2O3S2. The molecule has 0 radical (unpaired) electrons. The largest absolute Gasteiger partial charge is 0.311 e. The molecule has 1 aromatic carbocycles. The molecule has 4 rings (SSSR count). The van der Waals surface area contributed by atoms with E-state index in [0.29, 0.717) is 25.2 Å². The zero-order chi connectivity index (χ0) is 18.5. The van der Waals surface area contributed by atoms with Crippen molar-refractivity contribution in [2.45, 2.75) is 23.8 Å². The molecule has 138 valence electrons. The van der Waals surface area contributed by atoms with E-state index in [1.165, 1.54) is 11.2 Å². The van der Waals surface area contributed by atoms with Gasteiger partial charge in [0.15, 0.2) is 0 Å². The van der Waals surface area contributed by atoms with Gasteiger partial charge >= 0.3 is 0 Å². The second-order valence-electron chi connectivity index (χ2n) is 7.19. The highest BCUT2D eigenvalue weighted by Crippen LogP contribution is 2.36. The number of pyridine rings is 1. The smallest absolute Gasteiger partial charge is 0.258 e. The van der Waals surface area contributed by atoms with Crippen molar-refractivity contribution in [2.75, 3.05) is 25.6 Å². The number of nitrogens with zero attached hydrogens (tertiary/aromatic N) is 2. The number of benzene rings is 1. The molecule has 1 saturated heterocycles. The van der Waals surface area contributed by atoms with Crippen LogP contribution in [0, 0.1) is 5.92 Å². The molecular weight excluding hydrogens is 368 g/mol. The summed E-state index contributed by atoms with van der Waals surface area (Å²) in [6, 6.07) is 11.9. The minimum Gasteiger partial charge on any atom is -0.311 e. The molecule has 5 nitrogen and oxygen atoms in total. The van der Waals surface area contributed by atoms with E-state index in [4.69, 9.17) is 0 Å². The lowest BCUT2D eigenvalue weighted by molar-refractivity contribution is 0.187. The standard InChI is InChI=1S/C19H22N2O3S2/c1-25-16-5-3-14(4-6-16)17-7-8-18-15-9-13(11-21(18)19(17)22)10-20(12-15)26(2,23)24/h3-8,13,15H,9-12H2,1-2H3/t13-,15+/m0/s1. The highest BCUT2D eigenvalue weighted by Gasteiger charge is 2.37. The van der Waals surface area contributed by atoms with Crippen LogP contribution in [-0.2, 0) is 16.6 Å². The van der Waals surface area contributed by atoms with Crippen LogP contribution in [0.15, 0.2) is 46.1 Å². The zero-order valence-corrected chi connectivity index (χ0v) is 16.5. The van der Waals surface area contributed by atoms with Crippen LogP contribution in [-0.4, -0.2) is 42.9 Å². The summed E-state index contributed by atoms with van der Waals surface area (Å²) in [5, 5.41) is 0. The molecule has 0 unspecified atom stereocenters. The highest BCUT2D eigenvalue weighted by atomic mass is 32.2. The fourth-order valence-corrected chi connectivity index (χ4v) is 5.50. The summed E-state index contributed by atoms with van der Waals surface area (Å²) < 4.78 is 27.3. The Morgan fingerprint density at radius 1 is 1.04 bits per heavy atom. The van der Waals surface area contributed by atoms with E-state index in [1.807, 2.05) is 47.2 Å². The minimum atomic E-state index is -3.19. The van der Waals surface area contributed by atoms with Gasteiger partial charge in [-0.25, -0.2) is 12.7 Å². The first kappa shape index (κ1) is 17.8. The molecule has 2 atom stereocenters. The van der Waals surface area contributed by atoms with Crippen molar-refractivity contribution in [3.05, 3.63) is 52.4 Å². The van der Waals surface area contributed by atoms with E-state index in [9.17, 15) is 13.2 Å². The van der Waals surface area contributed by atoms with Gasteiger partial charge in [0.05, 0.1) is 6.26 Å². The Balaban J connectivity index is 1.73. The van der Waals surface area contributed by atoms with Gasteiger partial charge in [-0.2, -0.15) is 0 Å². The van der Waals surface area contributed by atoms with Crippen molar-refractivity contribution in [2.24, 2.45) is 5.92 Å². The number of hydrogen-bond donors (Lipinski definition) is 0. The van der Waals surface area contributed by atoms with Crippen LogP contribution in [0.1, 0.15) is 18.0 Å². The van der Waals surface area contributed by atoms with Gasteiger partial charge in [0, 0.05) is 41.7 Å². The zero-order valence-electron chi connectivity index (χ0n) is 14.9. The normalized spacial score (nSPS) is 22.8. The average Bonchev–Trinajstić information content (AvgIpc) is 2.62. The molecule has 26 heavy (non-hydrogen) atoms. The Labute approximate surface area is 158 Å². The lowest BCUT2D eigenvalue weighted by Crippen LogP contribution is -2.48. The maximum Gasteiger partial charge on any atom is 0.258 e. The van der Waals surface area contributed by atoms with Crippen molar-refractivity contribution < 1.29 is 8.42 Å². The summed E-state index contributed by atoms with van der Waals surface area (Å²) in [6.45, 7) is 1.57. The molecule has 1 aromatic heterocycles. The fourth-order valence-electron chi connectivity index (χ4n) is 4.16. The average molecular weight is 391 g/mol. The Bertz CT molecular complexity index is 996. The lowest BCUT2D eigenvalue weighted by Gasteiger charge is -2.41. The maximum absolute atomic E-state index is 13.1. The number of rotatable bonds is 3. The van der Waals surface area contributed by atoms with E-state index in [-0.39, 0.29) is 17.4 Å². The van der Waals surface area contributed by atoms with Crippen LogP contribution in [0.5, 0.6) is 0 Å². The van der Waals surface area contributed by atoms with Crippen molar-refractivity contribution in [3.8, 4) is 11.1 Å². The fraction of sp³-hybridized carbons (Fsp3) is 0.421. The molecule has 2 aromatic rings. The summed E-state index contributed by atoms with van der Waals surface area (Å²) in [4.78, 5) is 14.3. The van der Waals surface area contributed by atoms with Gasteiger partial charge in [0.1, 0.15) is 0 Å². The molecule has 2 bridgehead atoms. The molecule has 0 saturated carbocycles. The first-order valence-electron chi connectivity index (χ1n) is 8.70. The van der Waals surface area contributed by atoms with Gasteiger partial charge in [0.25, 0.3) is 5.56 Å². The molecule has 0 spiro atoms. The van der Waals surface area contributed by atoms with Crippen LogP contribution in [0.4, 0.5) is 0 Å². The number of aromatic nitrogens is 1. The van der Waals surface area contributed by atoms with E-state index >= 15 is 0 Å². The third-order valence-electron chi connectivity index (χ3n) is 5.44. The Morgan fingerprint density at radius 3 is 2.42 bits per heavy atom. The second kappa shape index (κ2) is 6.55. The van der Waals surface area contributed by atoms with E-state index in [0.717, 1.165) is 17.7 Å². The number of sulfonamides is 1. The topological polar surface area (TPSA) is 59.4 Å². The lowest BCUT2D eigenvalue weighted by atomic mass is 9.84. The SMILES string of the molecule is CSc1ccc(-c2ccc3n(c2=O)C[C@H]2C[C@@H]3CN(S(C)(=O)=O)C2)cc1. The monoisotopic (exact) mass is 390 g/mol. The van der Waals surface area contributed by atoms with Gasteiger partial charge in [-0.05, 0) is 48.4 Å². The predicted octanol–water partition coefficient (Wildman–Crippen LogP) is 2.62. The van der Waals surface area contributed by atoms with Crippen LogP contribution in [0.25, 0.3) is 11.1 Å². The van der Waals surface area contributed by atoms with Gasteiger partial charge in [-0.3, -0.25) is 4.79 Å². The number of piperidine rings is 1. The quantitative estimate of drug-likeness (QED) is 0.756. The summed E-state index contributed by atoms with van der Waals surface area (Å²) in [7, 11) is -3.19.